The summed E-state index contributed by atoms with van der Waals surface area (Å²) in [7, 11) is 3.17. The van der Waals surface area contributed by atoms with E-state index in [9.17, 15) is 4.79 Å². The van der Waals surface area contributed by atoms with Crippen LogP contribution in [0.3, 0.4) is 0 Å². The number of ether oxygens (including phenoxy) is 2. The number of aromatic nitrogens is 2. The van der Waals surface area contributed by atoms with E-state index in [1.165, 1.54) is 6.20 Å². The van der Waals surface area contributed by atoms with Crippen molar-refractivity contribution in [2.24, 2.45) is 0 Å². The lowest BCUT2D eigenvalue weighted by Gasteiger charge is -2.10. The highest BCUT2D eigenvalue weighted by atomic mass is 16.5. The number of nitrogens with zero attached hydrogens (tertiary/aromatic N) is 2. The van der Waals surface area contributed by atoms with Crippen molar-refractivity contribution in [3.05, 3.63) is 72.3 Å². The van der Waals surface area contributed by atoms with Gasteiger partial charge < -0.3 is 14.8 Å². The Hall–Kier alpha value is -3.41. The number of pyridine rings is 2. The topological polar surface area (TPSA) is 73.3 Å². The average Bonchev–Trinajstić information content (AvgIpc) is 2.72. The molecule has 3 rings (SSSR count). The van der Waals surface area contributed by atoms with Gasteiger partial charge in [-0.25, -0.2) is 0 Å². The van der Waals surface area contributed by atoms with Crippen LogP contribution in [0.2, 0.25) is 0 Å². The number of methoxy groups -OCH3 is 2. The molecule has 132 valence electrons. The summed E-state index contributed by atoms with van der Waals surface area (Å²) in [5.41, 5.74) is 2.98. The molecule has 1 N–H and O–H groups in total. The van der Waals surface area contributed by atoms with Crippen molar-refractivity contribution in [1.29, 1.82) is 0 Å². The second-order valence-electron chi connectivity index (χ2n) is 5.54. The molecule has 0 saturated heterocycles. The van der Waals surface area contributed by atoms with E-state index in [0.29, 0.717) is 23.6 Å². The van der Waals surface area contributed by atoms with E-state index in [2.05, 4.69) is 15.3 Å². The SMILES string of the molecule is COc1ccc(-c2cncc(C(=O)NCc3ccccn3)c2)cc1OC. The highest BCUT2D eigenvalue weighted by Crippen LogP contribution is 2.32. The maximum atomic E-state index is 12.4. The van der Waals surface area contributed by atoms with E-state index in [4.69, 9.17) is 9.47 Å². The standard InChI is InChI=1S/C20H19N3O3/c1-25-18-7-6-14(10-19(18)26-2)15-9-16(12-21-11-15)20(24)23-13-17-5-3-4-8-22-17/h3-12H,13H2,1-2H3,(H,23,24). The molecule has 0 aliphatic heterocycles. The third kappa shape index (κ3) is 3.97. The fraction of sp³-hybridized carbons (Fsp3) is 0.150. The minimum Gasteiger partial charge on any atom is -0.493 e. The maximum absolute atomic E-state index is 12.4. The Morgan fingerprint density at radius 1 is 1.00 bits per heavy atom. The average molecular weight is 349 g/mol. The molecule has 0 unspecified atom stereocenters. The summed E-state index contributed by atoms with van der Waals surface area (Å²) in [6.45, 7) is 0.361. The van der Waals surface area contributed by atoms with E-state index in [-0.39, 0.29) is 5.91 Å². The van der Waals surface area contributed by atoms with Crippen LogP contribution in [-0.2, 0) is 6.54 Å². The number of amides is 1. The molecule has 1 amide bonds. The third-order valence-corrected chi connectivity index (χ3v) is 3.87. The zero-order valence-corrected chi connectivity index (χ0v) is 14.6. The van der Waals surface area contributed by atoms with Gasteiger partial charge in [-0.15, -0.1) is 0 Å². The largest absolute Gasteiger partial charge is 0.493 e. The predicted octanol–water partition coefficient (Wildman–Crippen LogP) is 3.09. The molecular formula is C20H19N3O3. The highest BCUT2D eigenvalue weighted by molar-refractivity contribution is 5.95. The Morgan fingerprint density at radius 3 is 2.58 bits per heavy atom. The zero-order valence-electron chi connectivity index (χ0n) is 14.6. The van der Waals surface area contributed by atoms with Crippen LogP contribution in [0, 0.1) is 0 Å². The molecule has 0 fully saturated rings. The summed E-state index contributed by atoms with van der Waals surface area (Å²) in [5.74, 6) is 1.06. The smallest absolute Gasteiger partial charge is 0.253 e. The lowest BCUT2D eigenvalue weighted by atomic mass is 10.1. The van der Waals surface area contributed by atoms with Crippen molar-refractivity contribution in [2.45, 2.75) is 6.54 Å². The van der Waals surface area contributed by atoms with Gasteiger partial charge in [0.2, 0.25) is 0 Å². The van der Waals surface area contributed by atoms with E-state index in [0.717, 1.165) is 16.8 Å². The number of hydrogen-bond donors (Lipinski definition) is 1. The summed E-state index contributed by atoms with van der Waals surface area (Å²) in [5, 5.41) is 2.85. The molecule has 0 spiro atoms. The van der Waals surface area contributed by atoms with Crippen LogP contribution in [0.25, 0.3) is 11.1 Å². The maximum Gasteiger partial charge on any atom is 0.253 e. The first kappa shape index (κ1) is 17.4. The van der Waals surface area contributed by atoms with Crippen molar-refractivity contribution in [1.82, 2.24) is 15.3 Å². The summed E-state index contributed by atoms with van der Waals surface area (Å²) in [4.78, 5) is 20.8. The number of carbonyl (C=O) groups excluding carboxylic acids is 1. The number of carbonyl (C=O) groups is 1. The van der Waals surface area contributed by atoms with Crippen LogP contribution in [-0.4, -0.2) is 30.1 Å². The van der Waals surface area contributed by atoms with E-state index < -0.39 is 0 Å². The zero-order chi connectivity index (χ0) is 18.4. The fourth-order valence-corrected chi connectivity index (χ4v) is 2.51. The van der Waals surface area contributed by atoms with Crippen LogP contribution in [0.5, 0.6) is 11.5 Å². The first-order valence-corrected chi connectivity index (χ1v) is 8.07. The third-order valence-electron chi connectivity index (χ3n) is 3.87. The Balaban J connectivity index is 1.78. The monoisotopic (exact) mass is 349 g/mol. The molecule has 2 aromatic heterocycles. The quantitative estimate of drug-likeness (QED) is 0.740. The van der Waals surface area contributed by atoms with Crippen LogP contribution >= 0.6 is 0 Å². The van der Waals surface area contributed by atoms with Gasteiger partial charge in [0.05, 0.1) is 32.0 Å². The van der Waals surface area contributed by atoms with E-state index in [1.54, 1.807) is 32.7 Å². The minimum atomic E-state index is -0.203. The molecule has 0 atom stereocenters. The van der Waals surface area contributed by atoms with Crippen molar-refractivity contribution >= 4 is 5.91 Å². The summed E-state index contributed by atoms with van der Waals surface area (Å²) in [6, 6.07) is 12.9. The summed E-state index contributed by atoms with van der Waals surface area (Å²) >= 11 is 0. The Kier molecular flexibility index (Phi) is 5.43. The van der Waals surface area contributed by atoms with Crippen LogP contribution in [0.15, 0.2) is 61.1 Å². The molecule has 0 radical (unpaired) electrons. The Bertz CT molecular complexity index is 898. The van der Waals surface area contributed by atoms with E-state index in [1.807, 2.05) is 36.4 Å². The number of rotatable bonds is 6. The lowest BCUT2D eigenvalue weighted by Crippen LogP contribution is -2.23. The van der Waals surface area contributed by atoms with Gasteiger partial charge in [0.1, 0.15) is 0 Å². The molecule has 2 heterocycles. The van der Waals surface area contributed by atoms with E-state index >= 15 is 0 Å². The van der Waals surface area contributed by atoms with Crippen molar-refractivity contribution < 1.29 is 14.3 Å². The molecule has 0 aliphatic carbocycles. The molecule has 3 aromatic rings. The molecule has 0 saturated carbocycles. The van der Waals surface area contributed by atoms with Crippen molar-refractivity contribution in [3.8, 4) is 22.6 Å². The van der Waals surface area contributed by atoms with Gasteiger partial charge >= 0.3 is 0 Å². The van der Waals surface area contributed by atoms with Gasteiger partial charge in [0.25, 0.3) is 5.91 Å². The predicted molar refractivity (Wildman–Crippen MR) is 98.2 cm³/mol. The number of benzene rings is 1. The van der Waals surface area contributed by atoms with Gasteiger partial charge in [0, 0.05) is 24.2 Å². The second kappa shape index (κ2) is 8.11. The molecule has 0 aliphatic rings. The molecule has 0 bridgehead atoms. The summed E-state index contributed by atoms with van der Waals surface area (Å²) in [6.07, 6.45) is 4.94. The van der Waals surface area contributed by atoms with Crippen LogP contribution < -0.4 is 14.8 Å². The van der Waals surface area contributed by atoms with Crippen LogP contribution in [0.1, 0.15) is 16.1 Å². The van der Waals surface area contributed by atoms with Gasteiger partial charge in [-0.05, 0) is 35.9 Å². The van der Waals surface area contributed by atoms with Gasteiger partial charge in [-0.1, -0.05) is 12.1 Å². The highest BCUT2D eigenvalue weighted by Gasteiger charge is 2.10. The first-order valence-electron chi connectivity index (χ1n) is 8.07. The molecule has 26 heavy (non-hydrogen) atoms. The normalized spacial score (nSPS) is 10.2. The molecule has 1 aromatic carbocycles. The van der Waals surface area contributed by atoms with Gasteiger partial charge in [-0.2, -0.15) is 0 Å². The van der Waals surface area contributed by atoms with Gasteiger partial charge in [-0.3, -0.25) is 14.8 Å². The van der Waals surface area contributed by atoms with Crippen molar-refractivity contribution in [3.63, 3.8) is 0 Å². The molecular weight excluding hydrogens is 330 g/mol. The van der Waals surface area contributed by atoms with Crippen molar-refractivity contribution in [2.75, 3.05) is 14.2 Å². The number of nitrogens with one attached hydrogen (secondary N) is 1. The fourth-order valence-electron chi connectivity index (χ4n) is 2.51. The number of hydrogen-bond acceptors (Lipinski definition) is 5. The summed E-state index contributed by atoms with van der Waals surface area (Å²) < 4.78 is 10.6. The lowest BCUT2D eigenvalue weighted by molar-refractivity contribution is 0.0950. The molecule has 6 heteroatoms. The molecule has 6 nitrogen and oxygen atoms in total. The van der Waals surface area contributed by atoms with Gasteiger partial charge in [0.15, 0.2) is 11.5 Å². The minimum absolute atomic E-state index is 0.203. The first-order chi connectivity index (χ1) is 12.7. The second-order valence-corrected chi connectivity index (χ2v) is 5.54. The Morgan fingerprint density at radius 2 is 1.85 bits per heavy atom. The van der Waals surface area contributed by atoms with Crippen LogP contribution in [0.4, 0.5) is 0 Å². The Labute approximate surface area is 151 Å².